The minimum Gasteiger partial charge on any atom is -0.493 e. The van der Waals surface area contributed by atoms with Gasteiger partial charge in [-0.15, -0.1) is 0 Å². The Morgan fingerprint density at radius 2 is 1.81 bits per heavy atom. The van der Waals surface area contributed by atoms with Crippen LogP contribution in [-0.2, 0) is 6.54 Å². The summed E-state index contributed by atoms with van der Waals surface area (Å²) in [7, 11) is 1.66. The van der Waals surface area contributed by atoms with Crippen molar-refractivity contribution in [2.75, 3.05) is 13.7 Å². The number of hydrogen-bond acceptors (Lipinski definition) is 3. The van der Waals surface area contributed by atoms with Crippen molar-refractivity contribution < 1.29 is 9.47 Å². The van der Waals surface area contributed by atoms with Crippen molar-refractivity contribution in [3.63, 3.8) is 0 Å². The Morgan fingerprint density at radius 3 is 2.58 bits per heavy atom. The van der Waals surface area contributed by atoms with E-state index in [0.717, 1.165) is 52.4 Å². The zero-order valence-electron chi connectivity index (χ0n) is 17.7. The molecule has 0 aliphatic heterocycles. The smallest absolute Gasteiger partial charge is 0.161 e. The first-order chi connectivity index (χ1) is 15.2. The lowest BCUT2D eigenvalue weighted by Crippen LogP contribution is -2.06. The van der Waals surface area contributed by atoms with Crippen LogP contribution in [-0.4, -0.2) is 23.3 Å². The molecule has 0 bridgehead atoms. The Labute approximate surface area is 187 Å². The van der Waals surface area contributed by atoms with Crippen LogP contribution in [0.4, 0.5) is 0 Å². The molecule has 4 aromatic rings. The van der Waals surface area contributed by atoms with E-state index in [9.17, 15) is 0 Å². The minimum atomic E-state index is 0.575. The van der Waals surface area contributed by atoms with Crippen molar-refractivity contribution in [3.8, 4) is 22.9 Å². The molecule has 0 aliphatic carbocycles. The molecule has 0 aliphatic rings. The predicted molar refractivity (Wildman–Crippen MR) is 128 cm³/mol. The lowest BCUT2D eigenvalue weighted by atomic mass is 10.2. The highest BCUT2D eigenvalue weighted by atomic mass is 35.5. The van der Waals surface area contributed by atoms with Gasteiger partial charge < -0.3 is 14.0 Å². The highest BCUT2D eigenvalue weighted by molar-refractivity contribution is 6.30. The summed E-state index contributed by atoms with van der Waals surface area (Å²) in [6.07, 6.45) is 4.87. The van der Waals surface area contributed by atoms with E-state index in [4.69, 9.17) is 26.1 Å². The van der Waals surface area contributed by atoms with Gasteiger partial charge in [-0.05, 0) is 67.4 Å². The number of benzene rings is 3. The zero-order valence-corrected chi connectivity index (χ0v) is 18.5. The van der Waals surface area contributed by atoms with E-state index in [-0.39, 0.29) is 0 Å². The largest absolute Gasteiger partial charge is 0.493 e. The van der Waals surface area contributed by atoms with Crippen LogP contribution in [0.3, 0.4) is 0 Å². The fourth-order valence-electron chi connectivity index (χ4n) is 3.63. The van der Waals surface area contributed by atoms with E-state index >= 15 is 0 Å². The predicted octanol–water partition coefficient (Wildman–Crippen LogP) is 6.87. The number of ether oxygens (including phenoxy) is 2. The molecule has 1 aromatic heterocycles. The highest BCUT2D eigenvalue weighted by Crippen LogP contribution is 2.29. The van der Waals surface area contributed by atoms with E-state index in [0.29, 0.717) is 11.6 Å². The third-order valence-corrected chi connectivity index (χ3v) is 5.34. The van der Waals surface area contributed by atoms with E-state index < -0.39 is 0 Å². The van der Waals surface area contributed by atoms with E-state index in [2.05, 4.69) is 10.6 Å². The topological polar surface area (TPSA) is 36.3 Å². The first-order valence-corrected chi connectivity index (χ1v) is 10.7. The third kappa shape index (κ3) is 4.75. The van der Waals surface area contributed by atoms with Crippen molar-refractivity contribution in [2.24, 2.45) is 0 Å². The second-order valence-corrected chi connectivity index (χ2v) is 7.63. The molecular weight excluding hydrogens is 408 g/mol. The number of fused-ring (bicyclic) bond motifs is 1. The number of nitrogens with zero attached hydrogens (tertiary/aromatic N) is 2. The number of aromatic nitrogens is 2. The number of hydrogen-bond donors (Lipinski definition) is 0. The first-order valence-electron chi connectivity index (χ1n) is 10.3. The number of methoxy groups -OCH3 is 1. The fraction of sp³-hybridized carbons (Fsp3) is 0.192. The lowest BCUT2D eigenvalue weighted by Gasteiger charge is -2.13. The van der Waals surface area contributed by atoms with Crippen molar-refractivity contribution in [2.45, 2.75) is 19.9 Å². The zero-order chi connectivity index (χ0) is 21.6. The molecule has 0 amide bonds. The molecule has 5 heteroatoms. The number of para-hydroxylation sites is 2. The molecule has 4 rings (SSSR count). The Balaban J connectivity index is 1.51. The molecule has 0 saturated heterocycles. The van der Waals surface area contributed by atoms with Gasteiger partial charge in [0.15, 0.2) is 11.5 Å². The quantitative estimate of drug-likeness (QED) is 0.285. The first kappa shape index (κ1) is 21.0. The fourth-order valence-corrected chi connectivity index (χ4v) is 3.75. The van der Waals surface area contributed by atoms with Crippen LogP contribution in [0.2, 0.25) is 5.02 Å². The van der Waals surface area contributed by atoms with Crippen LogP contribution in [0.25, 0.3) is 28.5 Å². The number of imidazole rings is 1. The number of allylic oxidation sites excluding steroid dienone is 1. The molecule has 31 heavy (non-hydrogen) atoms. The summed E-state index contributed by atoms with van der Waals surface area (Å²) in [5.74, 6) is 2.43. The average Bonchev–Trinajstić information content (AvgIpc) is 3.16. The summed E-state index contributed by atoms with van der Waals surface area (Å²) in [5, 5.41) is 0.717. The molecule has 158 valence electrons. The van der Waals surface area contributed by atoms with Gasteiger partial charge in [0.1, 0.15) is 5.82 Å². The molecule has 0 fully saturated rings. The Kier molecular flexibility index (Phi) is 6.58. The maximum Gasteiger partial charge on any atom is 0.161 e. The summed E-state index contributed by atoms with van der Waals surface area (Å²) < 4.78 is 13.8. The standard InChI is InChI=1S/C26H25ClN2O2/c1-3-7-19-10-15-24(25(18-19)30-2)31-17-6-16-29-23-9-5-4-8-22(23)28-26(29)20-11-13-21(27)14-12-20/h3-5,7-15,18H,6,16-17H2,1-2H3/b7-3+. The molecule has 0 saturated carbocycles. The summed E-state index contributed by atoms with van der Waals surface area (Å²) in [6.45, 7) is 3.36. The Hall–Kier alpha value is -3.24. The van der Waals surface area contributed by atoms with Crippen LogP contribution < -0.4 is 9.47 Å². The monoisotopic (exact) mass is 432 g/mol. The SMILES string of the molecule is C/C=C/c1ccc(OCCCn2c(-c3ccc(Cl)cc3)nc3ccccc32)c(OC)c1. The lowest BCUT2D eigenvalue weighted by molar-refractivity contribution is 0.283. The van der Waals surface area contributed by atoms with Crippen molar-refractivity contribution in [3.05, 3.63) is 83.4 Å². The molecule has 4 nitrogen and oxygen atoms in total. The number of aryl methyl sites for hydroxylation is 1. The van der Waals surface area contributed by atoms with Gasteiger partial charge in [0.2, 0.25) is 0 Å². The summed E-state index contributed by atoms with van der Waals surface area (Å²) in [5.41, 5.74) is 4.22. The average molecular weight is 433 g/mol. The molecule has 3 aromatic carbocycles. The number of rotatable bonds is 8. The molecule has 0 N–H and O–H groups in total. The van der Waals surface area contributed by atoms with Crippen LogP contribution in [0.15, 0.2) is 72.8 Å². The van der Waals surface area contributed by atoms with Crippen LogP contribution in [0, 0.1) is 0 Å². The summed E-state index contributed by atoms with van der Waals surface area (Å²) >= 11 is 6.07. The third-order valence-electron chi connectivity index (χ3n) is 5.09. The maximum absolute atomic E-state index is 6.07. The van der Waals surface area contributed by atoms with Crippen LogP contribution in [0.5, 0.6) is 11.5 Å². The van der Waals surface area contributed by atoms with Crippen LogP contribution in [0.1, 0.15) is 18.9 Å². The Morgan fingerprint density at radius 1 is 1.00 bits per heavy atom. The molecule has 0 unspecified atom stereocenters. The van der Waals surface area contributed by atoms with Gasteiger partial charge in [-0.1, -0.05) is 42.0 Å². The molecular formula is C26H25ClN2O2. The molecule has 0 radical (unpaired) electrons. The van der Waals surface area contributed by atoms with Crippen molar-refractivity contribution in [1.82, 2.24) is 9.55 Å². The molecule has 1 heterocycles. The van der Waals surface area contributed by atoms with E-state index in [1.807, 2.05) is 79.7 Å². The minimum absolute atomic E-state index is 0.575. The van der Waals surface area contributed by atoms with E-state index in [1.165, 1.54) is 0 Å². The van der Waals surface area contributed by atoms with Crippen LogP contribution >= 0.6 is 11.6 Å². The van der Waals surface area contributed by atoms with Gasteiger partial charge in [-0.3, -0.25) is 0 Å². The second kappa shape index (κ2) is 9.71. The highest BCUT2D eigenvalue weighted by Gasteiger charge is 2.12. The van der Waals surface area contributed by atoms with Gasteiger partial charge in [0.25, 0.3) is 0 Å². The van der Waals surface area contributed by atoms with Gasteiger partial charge in [-0.2, -0.15) is 0 Å². The van der Waals surface area contributed by atoms with Crippen molar-refractivity contribution >= 4 is 28.7 Å². The summed E-state index contributed by atoms with van der Waals surface area (Å²) in [6, 6.07) is 22.0. The summed E-state index contributed by atoms with van der Waals surface area (Å²) in [4.78, 5) is 4.86. The van der Waals surface area contributed by atoms with Gasteiger partial charge in [0, 0.05) is 17.1 Å². The second-order valence-electron chi connectivity index (χ2n) is 7.19. The number of halogens is 1. The van der Waals surface area contributed by atoms with Crippen molar-refractivity contribution in [1.29, 1.82) is 0 Å². The van der Waals surface area contributed by atoms with Gasteiger partial charge in [0.05, 0.1) is 24.8 Å². The Bertz CT molecular complexity index is 1200. The normalized spacial score (nSPS) is 11.3. The maximum atomic E-state index is 6.07. The molecule has 0 spiro atoms. The van der Waals surface area contributed by atoms with Gasteiger partial charge in [-0.25, -0.2) is 4.98 Å². The van der Waals surface area contributed by atoms with Gasteiger partial charge >= 0.3 is 0 Å². The van der Waals surface area contributed by atoms with E-state index in [1.54, 1.807) is 7.11 Å². The molecule has 0 atom stereocenters.